The highest BCUT2D eigenvalue weighted by atomic mass is 80.9. The van der Waals surface area contributed by atoms with E-state index in [9.17, 15) is 0 Å². The summed E-state index contributed by atoms with van der Waals surface area (Å²) in [5.41, 5.74) is 34.6. The fraction of sp³-hybridized carbons (Fsp3) is 0.273. The lowest BCUT2D eigenvalue weighted by Crippen LogP contribution is -2.22. The number of rotatable bonds is 0. The third-order valence-corrected chi connectivity index (χ3v) is 19.6. The van der Waals surface area contributed by atoms with Gasteiger partial charge in [0.1, 0.15) is 0 Å². The molecule has 0 amide bonds. The average Bonchev–Trinajstić information content (AvgIpc) is 4.03. The summed E-state index contributed by atoms with van der Waals surface area (Å²) >= 11 is 16.9. The van der Waals surface area contributed by atoms with Crippen molar-refractivity contribution < 1.29 is 0 Å². The topological polar surface area (TPSA) is 0 Å². The van der Waals surface area contributed by atoms with Crippen molar-refractivity contribution in [2.24, 2.45) is 0 Å². The molecule has 0 saturated heterocycles. The summed E-state index contributed by atoms with van der Waals surface area (Å²) in [5, 5.41) is 0. The zero-order valence-corrected chi connectivity index (χ0v) is 50.4. The molecule has 356 valence electrons. The standard InChI is InChI=1S/C33H27Br3.C33H30.Br2/c1-31(2)22-10-7-16(34)13-19(22)25-28(31)26-20-14-17(35)8-11-23(20)32(3,4)30(26)27-21-15-18(36)9-12-24(21)33(5,6)29(25)27;1-31(2)22-16-10-7-13-19(22)25-28(31)26-20-14-8-11-17-23(20)32(3,4)30(26)27-21-15-9-12-18-24(21)33(5,6)29(25)27;1-2/h7-15H,1-6H3;7-18H,1-6H3;. The van der Waals surface area contributed by atoms with Crippen molar-refractivity contribution in [1.82, 2.24) is 0 Å². The minimum absolute atomic E-state index is 0.0383. The van der Waals surface area contributed by atoms with Crippen molar-refractivity contribution in [3.8, 4) is 66.8 Å². The molecule has 14 rings (SSSR count). The number of halogens is 5. The number of benzene rings is 8. The molecule has 5 heteroatoms. The molecule has 8 aromatic carbocycles. The van der Waals surface area contributed by atoms with Gasteiger partial charge in [0.25, 0.3) is 0 Å². The van der Waals surface area contributed by atoms with Crippen molar-refractivity contribution in [2.45, 2.75) is 116 Å². The molecule has 0 aromatic heterocycles. The minimum atomic E-state index is -0.101. The lowest BCUT2D eigenvalue weighted by atomic mass is 9.71. The largest absolute Gasteiger partial charge is 0.0619 e. The van der Waals surface area contributed by atoms with E-state index in [1.165, 1.54) is 134 Å². The van der Waals surface area contributed by atoms with Crippen LogP contribution in [0.15, 0.2) is 141 Å². The Hall–Kier alpha value is -3.84. The van der Waals surface area contributed by atoms with Crippen LogP contribution in [0.3, 0.4) is 0 Å². The van der Waals surface area contributed by atoms with Gasteiger partial charge in [0, 0.05) is 74.2 Å². The summed E-state index contributed by atoms with van der Waals surface area (Å²) in [5.74, 6) is 0. The first-order chi connectivity index (χ1) is 33.5. The smallest absolute Gasteiger partial charge is 0.0181 e. The third-order valence-electron chi connectivity index (χ3n) is 18.1. The lowest BCUT2D eigenvalue weighted by molar-refractivity contribution is 0.635. The summed E-state index contributed by atoms with van der Waals surface area (Å²) in [6, 6.07) is 48.1. The van der Waals surface area contributed by atoms with Crippen molar-refractivity contribution >= 4 is 76.0 Å². The number of hydrogen-bond acceptors (Lipinski definition) is 0. The predicted molar refractivity (Wildman–Crippen MR) is 319 cm³/mol. The van der Waals surface area contributed by atoms with Gasteiger partial charge in [-0.15, -0.1) is 0 Å². The summed E-state index contributed by atoms with van der Waals surface area (Å²) in [6.45, 7) is 29.2. The van der Waals surface area contributed by atoms with E-state index in [-0.39, 0.29) is 32.5 Å². The van der Waals surface area contributed by atoms with Crippen LogP contribution in [0.5, 0.6) is 0 Å². The molecule has 0 spiro atoms. The van der Waals surface area contributed by atoms with E-state index in [1.54, 1.807) is 0 Å². The van der Waals surface area contributed by atoms with Gasteiger partial charge in [-0.2, -0.15) is 0 Å². The SMILES string of the molecule is BrBr.CC1(C)c2ccc(Br)cc2-c2c1c1c(c3c2C(C)(C)c2ccc(Br)cc2-3)C(C)(C)c2ccc(Br)cc2-1.CC1(C)c2ccccc2-c2c1c1c(c3c2C(C)(C)c2ccccc2-3)C(C)(C)c2ccccc2-1. The van der Waals surface area contributed by atoms with Crippen LogP contribution < -0.4 is 0 Å². The second kappa shape index (κ2) is 15.6. The van der Waals surface area contributed by atoms with Crippen molar-refractivity contribution in [3.63, 3.8) is 0 Å². The maximum absolute atomic E-state index is 3.80. The quantitative estimate of drug-likeness (QED) is 0.142. The molecule has 0 nitrogen and oxygen atoms in total. The number of fused-ring (bicyclic) bond motifs is 24. The molecule has 0 N–H and O–H groups in total. The van der Waals surface area contributed by atoms with E-state index in [0.29, 0.717) is 0 Å². The fourth-order valence-corrected chi connectivity index (χ4v) is 16.3. The minimum Gasteiger partial charge on any atom is -0.0619 e. The molecule has 0 saturated carbocycles. The van der Waals surface area contributed by atoms with Crippen LogP contribution in [-0.2, 0) is 32.5 Å². The van der Waals surface area contributed by atoms with Gasteiger partial charge in [0.05, 0.1) is 0 Å². The summed E-state index contributed by atoms with van der Waals surface area (Å²) in [7, 11) is 0. The Kier molecular flexibility index (Phi) is 10.6. The van der Waals surface area contributed by atoms with Crippen LogP contribution >= 0.6 is 76.0 Å². The monoisotopic (exact) mass is 1240 g/mol. The van der Waals surface area contributed by atoms with Crippen LogP contribution in [-0.4, -0.2) is 0 Å². The molecular weight excluding hydrogens is 1190 g/mol. The van der Waals surface area contributed by atoms with Gasteiger partial charge in [-0.25, -0.2) is 0 Å². The van der Waals surface area contributed by atoms with Crippen molar-refractivity contribution in [1.29, 1.82) is 0 Å². The Morgan fingerprint density at radius 3 is 0.648 bits per heavy atom. The molecule has 8 aromatic rings. The first-order valence-electron chi connectivity index (χ1n) is 24.9. The number of hydrogen-bond donors (Lipinski definition) is 0. The first-order valence-corrected chi connectivity index (χ1v) is 31.0. The van der Waals surface area contributed by atoms with E-state index in [0.717, 1.165) is 13.4 Å². The molecule has 0 radical (unpaired) electrons. The van der Waals surface area contributed by atoms with Gasteiger partial charge in [0.2, 0.25) is 0 Å². The van der Waals surface area contributed by atoms with E-state index in [2.05, 4.69) is 287 Å². The van der Waals surface area contributed by atoms with Crippen LogP contribution in [0.4, 0.5) is 0 Å². The fourth-order valence-electron chi connectivity index (χ4n) is 15.2. The second-order valence-corrected chi connectivity index (χ2v) is 26.7. The molecule has 0 fully saturated rings. The van der Waals surface area contributed by atoms with Gasteiger partial charge in [-0.3, -0.25) is 0 Å². The zero-order valence-electron chi connectivity index (χ0n) is 42.5. The maximum Gasteiger partial charge on any atom is 0.0181 e. The molecular formula is C66H57Br5. The Bertz CT molecular complexity index is 3280. The molecule has 0 heterocycles. The lowest BCUT2D eigenvalue weighted by Gasteiger charge is -2.31. The molecule has 6 aliphatic carbocycles. The molecule has 0 atom stereocenters. The van der Waals surface area contributed by atoms with Crippen LogP contribution in [0.25, 0.3) is 66.8 Å². The second-order valence-electron chi connectivity index (χ2n) is 24.0. The summed E-state index contributed by atoms with van der Waals surface area (Å²) in [4.78, 5) is 0. The predicted octanol–water partition coefficient (Wildman–Crippen LogP) is 21.2. The van der Waals surface area contributed by atoms with E-state index < -0.39 is 0 Å². The molecule has 6 aliphatic rings. The normalized spacial score (nSPS) is 18.0. The van der Waals surface area contributed by atoms with E-state index in [1.807, 2.05) is 0 Å². The van der Waals surface area contributed by atoms with E-state index >= 15 is 0 Å². The zero-order chi connectivity index (χ0) is 50.4. The maximum atomic E-state index is 3.80. The van der Waals surface area contributed by atoms with Gasteiger partial charge >= 0.3 is 0 Å². The highest BCUT2D eigenvalue weighted by Crippen LogP contribution is 2.69. The van der Waals surface area contributed by atoms with Gasteiger partial charge in [-0.1, -0.05) is 222 Å². The summed E-state index contributed by atoms with van der Waals surface area (Å²) in [6.07, 6.45) is 0. The average molecular weight is 1250 g/mol. The van der Waals surface area contributed by atoms with Crippen molar-refractivity contribution in [3.05, 3.63) is 208 Å². The van der Waals surface area contributed by atoms with E-state index in [4.69, 9.17) is 0 Å². The van der Waals surface area contributed by atoms with Crippen LogP contribution in [0.1, 0.15) is 150 Å². The first kappa shape index (κ1) is 48.1. The van der Waals surface area contributed by atoms with Gasteiger partial charge < -0.3 is 0 Å². The molecule has 71 heavy (non-hydrogen) atoms. The molecule has 0 aliphatic heterocycles. The highest BCUT2D eigenvalue weighted by molar-refractivity contribution is 9.93. The van der Waals surface area contributed by atoms with Crippen LogP contribution in [0, 0.1) is 0 Å². The third kappa shape index (κ3) is 6.05. The Morgan fingerprint density at radius 1 is 0.239 bits per heavy atom. The van der Waals surface area contributed by atoms with Gasteiger partial charge in [-0.05, 0) is 170 Å². The Labute approximate surface area is 461 Å². The highest BCUT2D eigenvalue weighted by Gasteiger charge is 2.54. The Morgan fingerprint density at radius 2 is 0.423 bits per heavy atom. The summed E-state index contributed by atoms with van der Waals surface area (Å²) < 4.78 is 3.41. The van der Waals surface area contributed by atoms with Gasteiger partial charge in [0.15, 0.2) is 0 Å². The van der Waals surface area contributed by atoms with Crippen LogP contribution in [0.2, 0.25) is 0 Å². The Balaban J connectivity index is 0.000000141. The molecule has 0 bridgehead atoms. The molecule has 0 unspecified atom stereocenters. The van der Waals surface area contributed by atoms with Crippen molar-refractivity contribution in [2.75, 3.05) is 0 Å².